The number of hydrazone groups is 1. The Morgan fingerprint density at radius 1 is 1.20 bits per heavy atom. The van der Waals surface area contributed by atoms with Gasteiger partial charge in [0.25, 0.3) is 0 Å². The molecule has 20 heavy (non-hydrogen) atoms. The highest BCUT2D eigenvalue weighted by atomic mass is 16.5. The molecule has 102 valence electrons. The molecule has 0 unspecified atom stereocenters. The number of carbonyl (C=O) groups excluding carboxylic acids is 1. The van der Waals surface area contributed by atoms with E-state index in [1.807, 2.05) is 43.3 Å². The van der Waals surface area contributed by atoms with Crippen LogP contribution in [0.15, 0.2) is 53.6 Å². The van der Waals surface area contributed by atoms with Crippen LogP contribution < -0.4 is 5.43 Å². The Balaban J connectivity index is 2.13. The molecule has 0 heterocycles. The van der Waals surface area contributed by atoms with Gasteiger partial charge in [-0.05, 0) is 42.3 Å². The van der Waals surface area contributed by atoms with Crippen molar-refractivity contribution in [3.8, 4) is 0 Å². The second kappa shape index (κ2) is 6.52. The second-order valence-electron chi connectivity index (χ2n) is 4.36. The summed E-state index contributed by atoms with van der Waals surface area (Å²) in [7, 11) is 1.37. The standard InChI is InChI=1S/C16H16N2O2/c1-12-8-13(10-14(9-12)16(19)20-2)11-17-18-15-6-4-3-5-7-15/h3-11,18H,1-2H3. The van der Waals surface area contributed by atoms with Crippen LogP contribution in [0.25, 0.3) is 0 Å². The maximum Gasteiger partial charge on any atom is 0.337 e. The number of hydrogen-bond donors (Lipinski definition) is 1. The lowest BCUT2D eigenvalue weighted by molar-refractivity contribution is 0.0600. The summed E-state index contributed by atoms with van der Waals surface area (Å²) in [5, 5.41) is 4.15. The Bertz CT molecular complexity index is 622. The molecule has 0 saturated carbocycles. The van der Waals surface area contributed by atoms with E-state index >= 15 is 0 Å². The van der Waals surface area contributed by atoms with Crippen molar-refractivity contribution in [2.24, 2.45) is 5.10 Å². The van der Waals surface area contributed by atoms with E-state index in [1.165, 1.54) is 7.11 Å². The summed E-state index contributed by atoms with van der Waals surface area (Å²) < 4.78 is 4.72. The van der Waals surface area contributed by atoms with Crippen LogP contribution in [-0.2, 0) is 4.74 Å². The minimum Gasteiger partial charge on any atom is -0.465 e. The summed E-state index contributed by atoms with van der Waals surface area (Å²) in [5.74, 6) is -0.348. The fourth-order valence-electron chi connectivity index (χ4n) is 1.82. The monoisotopic (exact) mass is 268 g/mol. The van der Waals surface area contributed by atoms with Gasteiger partial charge in [-0.15, -0.1) is 0 Å². The lowest BCUT2D eigenvalue weighted by atomic mass is 10.1. The van der Waals surface area contributed by atoms with Gasteiger partial charge in [0.05, 0.1) is 24.6 Å². The summed E-state index contributed by atoms with van der Waals surface area (Å²) in [6, 6.07) is 15.1. The van der Waals surface area contributed by atoms with E-state index < -0.39 is 0 Å². The molecule has 0 fully saturated rings. The number of benzene rings is 2. The fourth-order valence-corrected chi connectivity index (χ4v) is 1.82. The number of rotatable bonds is 4. The minimum absolute atomic E-state index is 0.348. The highest BCUT2D eigenvalue weighted by Gasteiger charge is 2.06. The highest BCUT2D eigenvalue weighted by molar-refractivity contribution is 5.92. The number of nitrogens with zero attached hydrogens (tertiary/aromatic N) is 1. The first-order valence-corrected chi connectivity index (χ1v) is 6.23. The number of ether oxygens (including phenoxy) is 1. The zero-order chi connectivity index (χ0) is 14.4. The molecular formula is C16H16N2O2. The van der Waals surface area contributed by atoms with Crippen molar-refractivity contribution in [2.45, 2.75) is 6.92 Å². The molecule has 4 nitrogen and oxygen atoms in total. The Kier molecular flexibility index (Phi) is 4.50. The number of aryl methyl sites for hydroxylation is 1. The number of hydrogen-bond acceptors (Lipinski definition) is 4. The fraction of sp³-hybridized carbons (Fsp3) is 0.125. The lowest BCUT2D eigenvalue weighted by Crippen LogP contribution is -2.02. The van der Waals surface area contributed by atoms with Gasteiger partial charge in [0.15, 0.2) is 0 Å². The molecule has 0 saturated heterocycles. The van der Waals surface area contributed by atoms with E-state index in [4.69, 9.17) is 4.74 Å². The number of para-hydroxylation sites is 1. The van der Waals surface area contributed by atoms with Gasteiger partial charge in [-0.1, -0.05) is 24.3 Å². The van der Waals surface area contributed by atoms with Crippen molar-refractivity contribution >= 4 is 17.9 Å². The quantitative estimate of drug-likeness (QED) is 0.526. The summed E-state index contributed by atoms with van der Waals surface area (Å²) >= 11 is 0. The first kappa shape index (κ1) is 13.8. The molecule has 2 aromatic rings. The third kappa shape index (κ3) is 3.68. The summed E-state index contributed by atoms with van der Waals surface area (Å²) in [6.45, 7) is 1.93. The predicted octanol–water partition coefficient (Wildman–Crippen LogP) is 3.23. The maximum atomic E-state index is 11.5. The van der Waals surface area contributed by atoms with Gasteiger partial charge in [0.2, 0.25) is 0 Å². The molecule has 0 bridgehead atoms. The molecule has 1 N–H and O–H groups in total. The van der Waals surface area contributed by atoms with E-state index in [9.17, 15) is 4.79 Å². The molecule has 2 aromatic carbocycles. The van der Waals surface area contributed by atoms with Gasteiger partial charge in [-0.25, -0.2) is 4.79 Å². The zero-order valence-corrected chi connectivity index (χ0v) is 11.5. The largest absolute Gasteiger partial charge is 0.465 e. The van der Waals surface area contributed by atoms with Crippen LogP contribution in [0.4, 0.5) is 5.69 Å². The molecule has 0 spiro atoms. The van der Waals surface area contributed by atoms with Crippen molar-refractivity contribution in [2.75, 3.05) is 12.5 Å². The Labute approximate surface area is 118 Å². The third-order valence-corrected chi connectivity index (χ3v) is 2.70. The number of carbonyl (C=O) groups is 1. The van der Waals surface area contributed by atoms with Crippen molar-refractivity contribution in [3.05, 3.63) is 65.2 Å². The Morgan fingerprint density at radius 2 is 1.95 bits per heavy atom. The van der Waals surface area contributed by atoms with Crippen LogP contribution in [0, 0.1) is 6.92 Å². The molecule has 0 amide bonds. The van der Waals surface area contributed by atoms with Crippen molar-refractivity contribution < 1.29 is 9.53 Å². The molecule has 0 aromatic heterocycles. The topological polar surface area (TPSA) is 50.7 Å². The van der Waals surface area contributed by atoms with Gasteiger partial charge in [-0.3, -0.25) is 5.43 Å². The van der Waals surface area contributed by atoms with E-state index in [0.717, 1.165) is 16.8 Å². The highest BCUT2D eigenvalue weighted by Crippen LogP contribution is 2.10. The number of esters is 1. The molecule has 0 aliphatic heterocycles. The van der Waals surface area contributed by atoms with Crippen molar-refractivity contribution in [1.29, 1.82) is 0 Å². The van der Waals surface area contributed by atoms with Gasteiger partial charge in [-0.2, -0.15) is 5.10 Å². The SMILES string of the molecule is COC(=O)c1cc(C)cc(C=NNc2ccccc2)c1. The smallest absolute Gasteiger partial charge is 0.337 e. The van der Waals surface area contributed by atoms with E-state index in [2.05, 4.69) is 10.5 Å². The average Bonchev–Trinajstić information content (AvgIpc) is 2.47. The lowest BCUT2D eigenvalue weighted by Gasteiger charge is -2.03. The second-order valence-corrected chi connectivity index (χ2v) is 4.36. The predicted molar refractivity (Wildman–Crippen MR) is 80.2 cm³/mol. The van der Waals surface area contributed by atoms with Gasteiger partial charge in [0, 0.05) is 0 Å². The number of anilines is 1. The van der Waals surface area contributed by atoms with E-state index in [1.54, 1.807) is 18.3 Å². The molecule has 4 heteroatoms. The van der Waals surface area contributed by atoms with E-state index in [0.29, 0.717) is 5.56 Å². The van der Waals surface area contributed by atoms with Crippen LogP contribution in [0.5, 0.6) is 0 Å². The van der Waals surface area contributed by atoms with Gasteiger partial charge < -0.3 is 4.74 Å². The first-order valence-electron chi connectivity index (χ1n) is 6.23. The van der Waals surface area contributed by atoms with Crippen LogP contribution in [0.1, 0.15) is 21.5 Å². The van der Waals surface area contributed by atoms with E-state index in [-0.39, 0.29) is 5.97 Å². The molecule has 0 radical (unpaired) electrons. The van der Waals surface area contributed by atoms with Crippen LogP contribution >= 0.6 is 0 Å². The van der Waals surface area contributed by atoms with Crippen LogP contribution in [0.3, 0.4) is 0 Å². The average molecular weight is 268 g/mol. The third-order valence-electron chi connectivity index (χ3n) is 2.70. The Morgan fingerprint density at radius 3 is 2.65 bits per heavy atom. The number of methoxy groups -OCH3 is 1. The van der Waals surface area contributed by atoms with Crippen molar-refractivity contribution in [1.82, 2.24) is 0 Å². The first-order chi connectivity index (χ1) is 9.69. The summed E-state index contributed by atoms with van der Waals surface area (Å²) in [6.07, 6.45) is 1.67. The van der Waals surface area contributed by atoms with Crippen LogP contribution in [0.2, 0.25) is 0 Å². The van der Waals surface area contributed by atoms with Gasteiger partial charge >= 0.3 is 5.97 Å². The Hall–Kier alpha value is -2.62. The normalized spacial score (nSPS) is 10.5. The van der Waals surface area contributed by atoms with Gasteiger partial charge in [0.1, 0.15) is 0 Å². The van der Waals surface area contributed by atoms with Crippen molar-refractivity contribution in [3.63, 3.8) is 0 Å². The summed E-state index contributed by atoms with van der Waals surface area (Å²) in [5.41, 5.74) is 6.18. The molecule has 0 atom stereocenters. The molecule has 2 rings (SSSR count). The number of nitrogens with one attached hydrogen (secondary N) is 1. The molecule has 0 aliphatic rings. The molecular weight excluding hydrogens is 252 g/mol. The minimum atomic E-state index is -0.348. The zero-order valence-electron chi connectivity index (χ0n) is 11.5. The van der Waals surface area contributed by atoms with Crippen LogP contribution in [-0.4, -0.2) is 19.3 Å². The maximum absolute atomic E-state index is 11.5. The molecule has 0 aliphatic carbocycles. The summed E-state index contributed by atoms with van der Waals surface area (Å²) in [4.78, 5) is 11.5.